The monoisotopic (exact) mass is 501 g/mol. The first kappa shape index (κ1) is 22.9. The number of aromatic nitrogens is 3. The molecule has 0 amide bonds. The fourth-order valence-corrected chi connectivity index (χ4v) is 6.59. The lowest BCUT2D eigenvalue weighted by molar-refractivity contribution is 0.0553. The van der Waals surface area contributed by atoms with Crippen LogP contribution in [0.1, 0.15) is 45.6 Å². The number of pyridine rings is 1. The molecule has 0 saturated carbocycles. The van der Waals surface area contributed by atoms with E-state index in [2.05, 4.69) is 40.1 Å². The summed E-state index contributed by atoms with van der Waals surface area (Å²) in [5.41, 5.74) is 6.93. The molecule has 4 aromatic heterocycles. The van der Waals surface area contributed by atoms with E-state index >= 15 is 0 Å². The van der Waals surface area contributed by atoms with Gasteiger partial charge in [-0.25, -0.2) is 4.79 Å². The maximum absolute atomic E-state index is 12.5. The third-order valence-electron chi connectivity index (χ3n) is 7.15. The summed E-state index contributed by atoms with van der Waals surface area (Å²) in [5.74, 6) is 0.820. The molecule has 1 aliphatic heterocycles. The van der Waals surface area contributed by atoms with Crippen LogP contribution in [0.25, 0.3) is 32.4 Å². The molecule has 1 aliphatic rings. The molecule has 5 heterocycles. The molecular formula is C28H27N3O4S. The average molecular weight is 502 g/mol. The van der Waals surface area contributed by atoms with Crippen LogP contribution < -0.4 is 0 Å². The zero-order valence-electron chi connectivity index (χ0n) is 20.5. The second-order valence-corrected chi connectivity index (χ2v) is 10.3. The van der Waals surface area contributed by atoms with Crippen molar-refractivity contribution >= 4 is 38.6 Å². The van der Waals surface area contributed by atoms with Gasteiger partial charge in [-0.15, -0.1) is 11.3 Å². The minimum Gasteiger partial charge on any atom is -0.465 e. The van der Waals surface area contributed by atoms with Gasteiger partial charge in [-0.2, -0.15) is 0 Å². The zero-order valence-corrected chi connectivity index (χ0v) is 21.3. The zero-order chi connectivity index (χ0) is 24.8. The van der Waals surface area contributed by atoms with E-state index in [4.69, 9.17) is 19.0 Å². The van der Waals surface area contributed by atoms with Crippen molar-refractivity contribution in [3.63, 3.8) is 0 Å². The Morgan fingerprint density at radius 1 is 1.14 bits per heavy atom. The Kier molecular flexibility index (Phi) is 5.85. The minimum absolute atomic E-state index is 0.0666. The summed E-state index contributed by atoms with van der Waals surface area (Å²) in [5, 5.41) is 4.15. The Morgan fingerprint density at radius 3 is 2.61 bits per heavy atom. The quantitative estimate of drug-likeness (QED) is 0.262. The van der Waals surface area contributed by atoms with Gasteiger partial charge in [0.05, 0.1) is 34.6 Å². The first-order valence-corrected chi connectivity index (χ1v) is 13.0. The molecule has 0 bridgehead atoms. The molecule has 1 aromatic carbocycles. The van der Waals surface area contributed by atoms with Crippen molar-refractivity contribution in [2.24, 2.45) is 5.92 Å². The van der Waals surface area contributed by atoms with Gasteiger partial charge < -0.3 is 18.6 Å². The van der Waals surface area contributed by atoms with Crippen molar-refractivity contribution in [1.82, 2.24) is 14.7 Å². The van der Waals surface area contributed by atoms with Gasteiger partial charge in [-0.05, 0) is 50.3 Å². The molecule has 36 heavy (non-hydrogen) atoms. The Balaban J connectivity index is 1.66. The van der Waals surface area contributed by atoms with Gasteiger partial charge in [0.1, 0.15) is 16.2 Å². The van der Waals surface area contributed by atoms with Crippen LogP contribution >= 0.6 is 11.3 Å². The van der Waals surface area contributed by atoms with E-state index < -0.39 is 0 Å². The van der Waals surface area contributed by atoms with Crippen LogP contribution in [0.15, 0.2) is 53.2 Å². The second kappa shape index (κ2) is 9.19. The largest absolute Gasteiger partial charge is 0.465 e. The molecule has 184 valence electrons. The van der Waals surface area contributed by atoms with Gasteiger partial charge in [0.25, 0.3) is 0 Å². The number of aryl methyl sites for hydroxylation is 2. The number of carbonyl (C=O) groups excluding carboxylic acids is 1. The number of hydrogen-bond acceptors (Lipinski definition) is 7. The van der Waals surface area contributed by atoms with Crippen molar-refractivity contribution < 1.29 is 18.8 Å². The van der Waals surface area contributed by atoms with E-state index in [0.717, 1.165) is 69.9 Å². The highest BCUT2D eigenvalue weighted by atomic mass is 32.1. The number of hydrogen-bond donors (Lipinski definition) is 0. The predicted molar refractivity (Wildman–Crippen MR) is 140 cm³/mol. The maximum atomic E-state index is 12.5. The first-order chi connectivity index (χ1) is 17.6. The van der Waals surface area contributed by atoms with E-state index in [1.165, 1.54) is 24.0 Å². The fourth-order valence-electron chi connectivity index (χ4n) is 5.52. The molecule has 5 aromatic rings. The van der Waals surface area contributed by atoms with Gasteiger partial charge in [-0.1, -0.05) is 35.5 Å². The predicted octanol–water partition coefficient (Wildman–Crippen LogP) is 6.33. The SMILES string of the molecule is COC(=O)c1cc2c(s1)c1ncc(-c3c(C)noc3C)cc1n2C(c1ccccc1)C1CCOCC1. The van der Waals surface area contributed by atoms with Gasteiger partial charge in [0.15, 0.2) is 0 Å². The number of esters is 1. The first-order valence-electron chi connectivity index (χ1n) is 12.1. The number of ether oxygens (including phenoxy) is 2. The number of methoxy groups -OCH3 is 1. The highest BCUT2D eigenvalue weighted by Crippen LogP contribution is 2.44. The smallest absolute Gasteiger partial charge is 0.348 e. The van der Waals surface area contributed by atoms with Crippen LogP contribution in [0.5, 0.6) is 0 Å². The van der Waals surface area contributed by atoms with Crippen molar-refractivity contribution in [1.29, 1.82) is 0 Å². The number of rotatable bonds is 5. The molecule has 1 unspecified atom stereocenters. The summed E-state index contributed by atoms with van der Waals surface area (Å²) in [7, 11) is 1.42. The Bertz CT molecular complexity index is 1540. The third kappa shape index (κ3) is 3.72. The lowest BCUT2D eigenvalue weighted by atomic mass is 9.86. The standard InChI is InChI=1S/C28H27N3O4S/c1-16-24(17(2)35-30-16)20-13-21-25(29-15-20)27-22(14-23(36-27)28(32)33-3)31(21)26(18-7-5-4-6-8-18)19-9-11-34-12-10-19/h4-8,13-15,19,26H,9-12H2,1-3H3. The van der Waals surface area contributed by atoms with Crippen molar-refractivity contribution in [2.45, 2.75) is 32.7 Å². The Labute approximate surface area is 212 Å². The van der Waals surface area contributed by atoms with Crippen LogP contribution in [0.4, 0.5) is 0 Å². The van der Waals surface area contributed by atoms with E-state index in [9.17, 15) is 4.79 Å². The summed E-state index contributed by atoms with van der Waals surface area (Å²) in [6.07, 6.45) is 3.81. The van der Waals surface area contributed by atoms with E-state index in [0.29, 0.717) is 10.8 Å². The van der Waals surface area contributed by atoms with Gasteiger partial charge in [0, 0.05) is 30.5 Å². The van der Waals surface area contributed by atoms with Crippen molar-refractivity contribution in [3.05, 3.63) is 70.6 Å². The minimum atomic E-state index is -0.328. The van der Waals surface area contributed by atoms with Gasteiger partial charge >= 0.3 is 5.97 Å². The molecule has 0 aliphatic carbocycles. The third-order valence-corrected chi connectivity index (χ3v) is 8.27. The topological polar surface area (TPSA) is 79.4 Å². The summed E-state index contributed by atoms with van der Waals surface area (Å²) in [4.78, 5) is 18.0. The summed E-state index contributed by atoms with van der Waals surface area (Å²) >= 11 is 1.44. The summed E-state index contributed by atoms with van der Waals surface area (Å²) in [6, 6.07) is 14.8. The normalized spacial score (nSPS) is 15.5. The average Bonchev–Trinajstić information content (AvgIpc) is 3.57. The Morgan fingerprint density at radius 2 is 1.92 bits per heavy atom. The fraction of sp³-hybridized carbons (Fsp3) is 0.321. The lowest BCUT2D eigenvalue weighted by Crippen LogP contribution is -2.26. The molecule has 7 nitrogen and oxygen atoms in total. The molecule has 1 saturated heterocycles. The van der Waals surface area contributed by atoms with E-state index in [1.807, 2.05) is 32.2 Å². The number of carbonyl (C=O) groups is 1. The number of benzene rings is 1. The molecule has 0 N–H and O–H groups in total. The molecule has 1 fully saturated rings. The number of thiophene rings is 1. The lowest BCUT2D eigenvalue weighted by Gasteiger charge is -2.33. The summed E-state index contributed by atoms with van der Waals surface area (Å²) < 4.78 is 19.6. The molecule has 1 atom stereocenters. The molecule has 8 heteroatoms. The molecule has 6 rings (SSSR count). The van der Waals surface area contributed by atoms with E-state index in [1.54, 1.807) is 0 Å². The highest BCUT2D eigenvalue weighted by Gasteiger charge is 2.31. The van der Waals surface area contributed by atoms with Crippen molar-refractivity contribution in [2.75, 3.05) is 20.3 Å². The van der Waals surface area contributed by atoms with Gasteiger partial charge in [0.2, 0.25) is 0 Å². The van der Waals surface area contributed by atoms with Crippen LogP contribution in [0.2, 0.25) is 0 Å². The molecular weight excluding hydrogens is 474 g/mol. The van der Waals surface area contributed by atoms with Crippen LogP contribution in [0.3, 0.4) is 0 Å². The maximum Gasteiger partial charge on any atom is 0.348 e. The van der Waals surface area contributed by atoms with Crippen LogP contribution in [-0.4, -0.2) is 41.0 Å². The molecule has 0 radical (unpaired) electrons. The molecule has 0 spiro atoms. The van der Waals surface area contributed by atoms with Crippen LogP contribution in [0, 0.1) is 19.8 Å². The Hall–Kier alpha value is -3.49. The van der Waals surface area contributed by atoms with E-state index in [-0.39, 0.29) is 12.0 Å². The highest BCUT2D eigenvalue weighted by molar-refractivity contribution is 7.21. The number of nitrogens with zero attached hydrogens (tertiary/aromatic N) is 3. The second-order valence-electron chi connectivity index (χ2n) is 9.28. The summed E-state index contributed by atoms with van der Waals surface area (Å²) in [6.45, 7) is 5.37. The van der Waals surface area contributed by atoms with Crippen molar-refractivity contribution in [3.8, 4) is 11.1 Å². The van der Waals surface area contributed by atoms with Crippen LogP contribution in [-0.2, 0) is 9.47 Å². The van der Waals surface area contributed by atoms with Gasteiger partial charge in [-0.3, -0.25) is 4.98 Å². The number of fused-ring (bicyclic) bond motifs is 3.